The van der Waals surface area contributed by atoms with Crippen molar-refractivity contribution in [2.45, 2.75) is 31.6 Å². The maximum Gasteiger partial charge on any atom is 0.0306 e. The summed E-state index contributed by atoms with van der Waals surface area (Å²) in [5, 5.41) is 7.97. The first-order chi connectivity index (χ1) is 9.86. The van der Waals surface area contributed by atoms with Gasteiger partial charge in [0.05, 0.1) is 0 Å². The van der Waals surface area contributed by atoms with E-state index in [-0.39, 0.29) is 0 Å². The molecule has 0 atom stereocenters. The molecule has 2 aromatic heterocycles. The molecule has 0 radical (unpaired) electrons. The lowest BCUT2D eigenvalue weighted by atomic mass is 9.54. The van der Waals surface area contributed by atoms with Gasteiger partial charge in [-0.15, -0.1) is 22.7 Å². The molecule has 106 valence electrons. The largest absolute Gasteiger partial charge is 0.317 e. The van der Waals surface area contributed by atoms with E-state index >= 15 is 0 Å². The standard InChI is InChI=1S/C17H21NS2/c1-3-14(19-9-1)16(15-4-2-10-20-15)13-11-17(12-13)5-7-18-8-6-17/h1-4,9-10,13,16,18H,5-8,11-12H2. The van der Waals surface area contributed by atoms with E-state index in [4.69, 9.17) is 0 Å². The Morgan fingerprint density at radius 1 is 1.00 bits per heavy atom. The normalized spacial score (nSPS) is 22.2. The molecule has 1 saturated heterocycles. The molecule has 2 fully saturated rings. The van der Waals surface area contributed by atoms with Crippen molar-refractivity contribution < 1.29 is 0 Å². The zero-order valence-corrected chi connectivity index (χ0v) is 13.3. The minimum absolute atomic E-state index is 0.663. The average molecular weight is 303 g/mol. The van der Waals surface area contributed by atoms with Crippen LogP contribution in [0.2, 0.25) is 0 Å². The topological polar surface area (TPSA) is 12.0 Å². The van der Waals surface area contributed by atoms with E-state index in [9.17, 15) is 0 Å². The summed E-state index contributed by atoms with van der Waals surface area (Å²) in [7, 11) is 0. The van der Waals surface area contributed by atoms with Crippen LogP contribution in [-0.2, 0) is 0 Å². The lowest BCUT2D eigenvalue weighted by Gasteiger charge is -2.52. The van der Waals surface area contributed by atoms with Crippen LogP contribution in [0.1, 0.15) is 41.4 Å². The fourth-order valence-electron chi connectivity index (χ4n) is 4.19. The van der Waals surface area contributed by atoms with Gasteiger partial charge in [-0.3, -0.25) is 0 Å². The van der Waals surface area contributed by atoms with Crippen molar-refractivity contribution in [2.24, 2.45) is 11.3 Å². The fraction of sp³-hybridized carbons (Fsp3) is 0.529. The first-order valence-electron chi connectivity index (χ1n) is 7.64. The Morgan fingerprint density at radius 3 is 2.10 bits per heavy atom. The maximum absolute atomic E-state index is 3.51. The van der Waals surface area contributed by atoms with Crippen LogP contribution < -0.4 is 5.32 Å². The van der Waals surface area contributed by atoms with Gasteiger partial charge in [0.15, 0.2) is 0 Å². The molecule has 2 aromatic rings. The van der Waals surface area contributed by atoms with Gasteiger partial charge in [0.25, 0.3) is 0 Å². The number of thiophene rings is 2. The van der Waals surface area contributed by atoms with E-state index in [1.165, 1.54) is 38.8 Å². The van der Waals surface area contributed by atoms with E-state index in [2.05, 4.69) is 40.3 Å². The molecule has 1 saturated carbocycles. The minimum Gasteiger partial charge on any atom is -0.317 e. The number of hydrogen-bond donors (Lipinski definition) is 1. The third-order valence-corrected chi connectivity index (χ3v) is 7.14. The molecule has 0 bridgehead atoms. The third-order valence-electron chi connectivity index (χ3n) is 5.23. The van der Waals surface area contributed by atoms with Crippen molar-refractivity contribution in [3.63, 3.8) is 0 Å². The Hall–Kier alpha value is -0.640. The van der Waals surface area contributed by atoms with Crippen molar-refractivity contribution in [1.29, 1.82) is 0 Å². The van der Waals surface area contributed by atoms with Gasteiger partial charge in [0.1, 0.15) is 0 Å². The summed E-state index contributed by atoms with van der Waals surface area (Å²) in [6, 6.07) is 9.09. The summed E-state index contributed by atoms with van der Waals surface area (Å²) < 4.78 is 0. The van der Waals surface area contributed by atoms with E-state index in [1.54, 1.807) is 9.75 Å². The predicted octanol–water partition coefficient (Wildman–Crippen LogP) is 4.72. The van der Waals surface area contributed by atoms with Crippen LogP contribution in [0.4, 0.5) is 0 Å². The highest BCUT2D eigenvalue weighted by atomic mass is 32.1. The van der Waals surface area contributed by atoms with Gasteiger partial charge in [-0.05, 0) is 73.0 Å². The van der Waals surface area contributed by atoms with Crippen LogP contribution >= 0.6 is 22.7 Å². The Kier molecular flexibility index (Phi) is 3.45. The highest BCUT2D eigenvalue weighted by Crippen LogP contribution is 2.58. The van der Waals surface area contributed by atoms with Crippen LogP contribution in [0.15, 0.2) is 35.0 Å². The Bertz CT molecular complexity index is 495. The lowest BCUT2D eigenvalue weighted by Crippen LogP contribution is -2.47. The molecule has 1 spiro atoms. The smallest absolute Gasteiger partial charge is 0.0306 e. The lowest BCUT2D eigenvalue weighted by molar-refractivity contribution is 0.0144. The van der Waals surface area contributed by atoms with Crippen molar-refractivity contribution in [2.75, 3.05) is 13.1 Å². The van der Waals surface area contributed by atoms with Gasteiger partial charge < -0.3 is 5.32 Å². The van der Waals surface area contributed by atoms with E-state index < -0.39 is 0 Å². The first-order valence-corrected chi connectivity index (χ1v) is 9.40. The monoisotopic (exact) mass is 303 g/mol. The average Bonchev–Trinajstić information content (AvgIpc) is 3.11. The van der Waals surface area contributed by atoms with Crippen molar-refractivity contribution in [1.82, 2.24) is 5.32 Å². The van der Waals surface area contributed by atoms with Gasteiger partial charge >= 0.3 is 0 Å². The molecule has 3 heteroatoms. The molecule has 4 rings (SSSR count). The van der Waals surface area contributed by atoms with Gasteiger partial charge in [0.2, 0.25) is 0 Å². The van der Waals surface area contributed by atoms with Gasteiger partial charge in [-0.25, -0.2) is 0 Å². The molecule has 0 aromatic carbocycles. The highest BCUT2D eigenvalue weighted by Gasteiger charge is 2.48. The molecular formula is C17H21NS2. The van der Waals surface area contributed by atoms with E-state index in [1.807, 2.05) is 22.7 Å². The third kappa shape index (κ3) is 2.26. The number of piperidine rings is 1. The second-order valence-electron chi connectivity index (χ2n) is 6.43. The summed E-state index contributed by atoms with van der Waals surface area (Å²) in [5.41, 5.74) is 0.683. The number of nitrogens with one attached hydrogen (secondary N) is 1. The molecule has 0 amide bonds. The van der Waals surface area contributed by atoms with Crippen LogP contribution in [0, 0.1) is 11.3 Å². The molecular weight excluding hydrogens is 282 g/mol. The van der Waals surface area contributed by atoms with Gasteiger partial charge in [-0.1, -0.05) is 12.1 Å². The molecule has 1 aliphatic carbocycles. The summed E-state index contributed by atoms with van der Waals surface area (Å²) in [6.45, 7) is 2.46. The Morgan fingerprint density at radius 2 is 1.60 bits per heavy atom. The van der Waals surface area contributed by atoms with Crippen LogP contribution in [0.3, 0.4) is 0 Å². The molecule has 20 heavy (non-hydrogen) atoms. The zero-order chi connectivity index (χ0) is 13.4. The maximum atomic E-state index is 3.51. The van der Waals surface area contributed by atoms with Crippen LogP contribution in [0.25, 0.3) is 0 Å². The molecule has 1 N–H and O–H groups in total. The van der Waals surface area contributed by atoms with Crippen LogP contribution in [0.5, 0.6) is 0 Å². The van der Waals surface area contributed by atoms with Crippen molar-refractivity contribution >= 4 is 22.7 Å². The number of rotatable bonds is 3. The summed E-state index contributed by atoms with van der Waals surface area (Å²) >= 11 is 3.87. The van der Waals surface area contributed by atoms with Gasteiger partial charge in [0, 0.05) is 15.7 Å². The summed E-state index contributed by atoms with van der Waals surface area (Å²) in [6.07, 6.45) is 5.67. The zero-order valence-electron chi connectivity index (χ0n) is 11.7. The van der Waals surface area contributed by atoms with E-state index in [0.29, 0.717) is 11.3 Å². The van der Waals surface area contributed by atoms with Crippen LogP contribution in [-0.4, -0.2) is 13.1 Å². The summed E-state index contributed by atoms with van der Waals surface area (Å²) in [4.78, 5) is 3.14. The minimum atomic E-state index is 0.663. The van der Waals surface area contributed by atoms with Gasteiger partial charge in [-0.2, -0.15) is 0 Å². The molecule has 2 aliphatic rings. The highest BCUT2D eigenvalue weighted by molar-refractivity contribution is 7.11. The SMILES string of the molecule is c1csc(C(c2cccs2)C2CC3(CCNCC3)C2)c1. The second kappa shape index (κ2) is 5.28. The van der Waals surface area contributed by atoms with Crippen molar-refractivity contribution in [3.8, 4) is 0 Å². The Labute approximate surface area is 129 Å². The summed E-state index contributed by atoms with van der Waals surface area (Å²) in [5.74, 6) is 1.53. The number of hydrogen-bond acceptors (Lipinski definition) is 3. The van der Waals surface area contributed by atoms with Crippen molar-refractivity contribution in [3.05, 3.63) is 44.8 Å². The fourth-order valence-corrected chi connectivity index (χ4v) is 6.14. The predicted molar refractivity (Wildman–Crippen MR) is 87.7 cm³/mol. The molecule has 1 nitrogen and oxygen atoms in total. The molecule has 3 heterocycles. The quantitative estimate of drug-likeness (QED) is 0.865. The molecule has 0 unspecified atom stereocenters. The van der Waals surface area contributed by atoms with E-state index in [0.717, 1.165) is 5.92 Å². The molecule has 1 aliphatic heterocycles. The second-order valence-corrected chi connectivity index (χ2v) is 8.39. The Balaban J connectivity index is 1.55. The first kappa shape index (κ1) is 13.1.